The molecule has 3 heteroatoms. The molecule has 0 heterocycles. The first kappa shape index (κ1) is 15.0. The molecule has 22 heavy (non-hydrogen) atoms. The molecule has 0 amide bonds. The molecule has 2 nitrogen and oxygen atoms in total. The third-order valence-corrected chi connectivity index (χ3v) is 4.34. The molecule has 0 aliphatic heterocycles. The lowest BCUT2D eigenvalue weighted by Gasteiger charge is -2.32. The summed E-state index contributed by atoms with van der Waals surface area (Å²) in [4.78, 5) is 0. The molecule has 0 atom stereocenters. The summed E-state index contributed by atoms with van der Waals surface area (Å²) in [5.74, 6) is 0.109. The molecule has 1 fully saturated rings. The zero-order valence-corrected chi connectivity index (χ0v) is 12.6. The molecule has 2 aromatic carbocycles. The van der Waals surface area contributed by atoms with E-state index in [0.29, 0.717) is 30.8 Å². The van der Waals surface area contributed by atoms with Crippen LogP contribution in [0, 0.1) is 5.82 Å². The number of hydrogen-bond acceptors (Lipinski definition) is 2. The molecule has 0 unspecified atom stereocenters. The average molecular weight is 300 g/mol. The fourth-order valence-corrected chi connectivity index (χ4v) is 3.08. The first-order valence-corrected chi connectivity index (χ1v) is 7.86. The van der Waals surface area contributed by atoms with Crippen molar-refractivity contribution < 1.29 is 14.2 Å². The van der Waals surface area contributed by atoms with Crippen LogP contribution >= 0.6 is 0 Å². The Kier molecular flexibility index (Phi) is 4.44. The van der Waals surface area contributed by atoms with E-state index in [9.17, 15) is 9.50 Å². The Morgan fingerprint density at radius 1 is 1.00 bits per heavy atom. The normalized spacial score (nSPS) is 17.2. The van der Waals surface area contributed by atoms with Crippen LogP contribution in [0.1, 0.15) is 43.2 Å². The van der Waals surface area contributed by atoms with Crippen molar-refractivity contribution in [2.24, 2.45) is 0 Å². The van der Waals surface area contributed by atoms with Crippen LogP contribution in [0.15, 0.2) is 48.5 Å². The molecule has 0 aromatic heterocycles. The second-order valence-corrected chi connectivity index (χ2v) is 6.04. The summed E-state index contributed by atoms with van der Waals surface area (Å²) < 4.78 is 19.6. The van der Waals surface area contributed by atoms with Gasteiger partial charge in [0.2, 0.25) is 0 Å². The lowest BCUT2D eigenvalue weighted by molar-refractivity contribution is -0.00112. The lowest BCUT2D eigenvalue weighted by atomic mass is 9.79. The Balaban J connectivity index is 1.77. The van der Waals surface area contributed by atoms with Crippen molar-refractivity contribution in [2.45, 2.75) is 44.3 Å². The monoisotopic (exact) mass is 300 g/mol. The van der Waals surface area contributed by atoms with E-state index in [1.165, 1.54) is 12.1 Å². The summed E-state index contributed by atoms with van der Waals surface area (Å²) in [6.45, 7) is 0.391. The quantitative estimate of drug-likeness (QED) is 0.897. The predicted octanol–water partition coefficient (Wildman–Crippen LogP) is 4.56. The average Bonchev–Trinajstić information content (AvgIpc) is 2.54. The Bertz CT molecular complexity index is 619. The summed E-state index contributed by atoms with van der Waals surface area (Å²) in [6, 6.07) is 14.4. The van der Waals surface area contributed by atoms with Crippen LogP contribution < -0.4 is 4.74 Å². The summed E-state index contributed by atoms with van der Waals surface area (Å²) in [5.41, 5.74) is 0.755. The maximum Gasteiger partial charge on any atom is 0.127 e. The molecule has 1 N–H and O–H groups in total. The number of aliphatic hydroxyl groups is 1. The SMILES string of the molecule is OC1(c2cc(F)cc(OCc3ccccc3)c2)CCCCC1. The third kappa shape index (κ3) is 3.47. The van der Waals surface area contributed by atoms with Crippen LogP contribution in [0.2, 0.25) is 0 Å². The molecule has 116 valence electrons. The van der Waals surface area contributed by atoms with Gasteiger partial charge in [-0.25, -0.2) is 4.39 Å². The van der Waals surface area contributed by atoms with Crippen molar-refractivity contribution in [3.63, 3.8) is 0 Å². The second-order valence-electron chi connectivity index (χ2n) is 6.04. The van der Waals surface area contributed by atoms with Gasteiger partial charge in [0.15, 0.2) is 0 Å². The largest absolute Gasteiger partial charge is 0.489 e. The zero-order valence-electron chi connectivity index (χ0n) is 12.6. The molecule has 1 aliphatic carbocycles. The highest BCUT2D eigenvalue weighted by atomic mass is 19.1. The van der Waals surface area contributed by atoms with Crippen molar-refractivity contribution in [3.05, 3.63) is 65.5 Å². The summed E-state index contributed by atoms with van der Waals surface area (Å²) >= 11 is 0. The molecule has 2 aromatic rings. The summed E-state index contributed by atoms with van der Waals surface area (Å²) in [7, 11) is 0. The number of ether oxygens (including phenoxy) is 1. The minimum absolute atomic E-state index is 0.362. The number of hydrogen-bond donors (Lipinski definition) is 1. The van der Waals surface area contributed by atoms with E-state index in [4.69, 9.17) is 4.74 Å². The predicted molar refractivity (Wildman–Crippen MR) is 84.2 cm³/mol. The smallest absolute Gasteiger partial charge is 0.127 e. The van der Waals surface area contributed by atoms with Gasteiger partial charge in [-0.3, -0.25) is 0 Å². The van der Waals surface area contributed by atoms with Crippen molar-refractivity contribution in [3.8, 4) is 5.75 Å². The van der Waals surface area contributed by atoms with E-state index >= 15 is 0 Å². The van der Waals surface area contributed by atoms with Crippen molar-refractivity contribution in [1.82, 2.24) is 0 Å². The molecular formula is C19H21FO2. The Hall–Kier alpha value is -1.87. The highest BCUT2D eigenvalue weighted by molar-refractivity contribution is 5.34. The molecule has 0 saturated heterocycles. The standard InChI is InChI=1S/C19H21FO2/c20-17-11-16(19(21)9-5-2-6-10-19)12-18(13-17)22-14-15-7-3-1-4-8-15/h1,3-4,7-8,11-13,21H,2,5-6,9-10,14H2. The van der Waals surface area contributed by atoms with Crippen LogP contribution in [0.4, 0.5) is 4.39 Å². The maximum atomic E-state index is 13.9. The fourth-order valence-electron chi connectivity index (χ4n) is 3.08. The van der Waals surface area contributed by atoms with E-state index in [0.717, 1.165) is 24.8 Å². The van der Waals surface area contributed by atoms with Gasteiger partial charge in [0.25, 0.3) is 0 Å². The third-order valence-electron chi connectivity index (χ3n) is 4.34. The zero-order chi connectivity index (χ0) is 15.4. The molecule has 0 bridgehead atoms. The van der Waals surface area contributed by atoms with Gasteiger partial charge in [0.05, 0.1) is 5.60 Å². The first-order chi connectivity index (χ1) is 10.7. The van der Waals surface area contributed by atoms with Gasteiger partial charge < -0.3 is 9.84 Å². The summed E-state index contributed by atoms with van der Waals surface area (Å²) in [6.07, 6.45) is 4.47. The topological polar surface area (TPSA) is 29.5 Å². The molecule has 1 aliphatic rings. The van der Waals surface area contributed by atoms with E-state index in [1.807, 2.05) is 30.3 Å². The van der Waals surface area contributed by atoms with Crippen LogP contribution in [-0.2, 0) is 12.2 Å². The Morgan fingerprint density at radius 2 is 1.73 bits per heavy atom. The molecule has 0 spiro atoms. The van der Waals surface area contributed by atoms with Gasteiger partial charge in [0.1, 0.15) is 18.2 Å². The Labute approximate surface area is 130 Å². The van der Waals surface area contributed by atoms with E-state index in [-0.39, 0.29) is 5.82 Å². The van der Waals surface area contributed by atoms with E-state index in [1.54, 1.807) is 6.07 Å². The van der Waals surface area contributed by atoms with Gasteiger partial charge in [-0.05, 0) is 36.1 Å². The van der Waals surface area contributed by atoms with Crippen LogP contribution in [-0.4, -0.2) is 5.11 Å². The van der Waals surface area contributed by atoms with Crippen LogP contribution in [0.25, 0.3) is 0 Å². The number of benzene rings is 2. The second kappa shape index (κ2) is 6.49. The van der Waals surface area contributed by atoms with Crippen molar-refractivity contribution >= 4 is 0 Å². The molecule has 3 rings (SSSR count). The van der Waals surface area contributed by atoms with Gasteiger partial charge in [-0.15, -0.1) is 0 Å². The number of rotatable bonds is 4. The van der Waals surface area contributed by atoms with Gasteiger partial charge in [-0.1, -0.05) is 49.6 Å². The lowest BCUT2D eigenvalue weighted by Crippen LogP contribution is -2.28. The molecule has 0 radical (unpaired) electrons. The van der Waals surface area contributed by atoms with Crippen molar-refractivity contribution in [1.29, 1.82) is 0 Å². The minimum Gasteiger partial charge on any atom is -0.489 e. The molecular weight excluding hydrogens is 279 g/mol. The highest BCUT2D eigenvalue weighted by Gasteiger charge is 2.31. The maximum absolute atomic E-state index is 13.9. The number of halogens is 1. The highest BCUT2D eigenvalue weighted by Crippen LogP contribution is 2.38. The fraction of sp³-hybridized carbons (Fsp3) is 0.368. The van der Waals surface area contributed by atoms with Crippen LogP contribution in [0.3, 0.4) is 0 Å². The minimum atomic E-state index is -0.912. The molecule has 1 saturated carbocycles. The van der Waals surface area contributed by atoms with Gasteiger partial charge >= 0.3 is 0 Å². The summed E-state index contributed by atoms with van der Waals surface area (Å²) in [5, 5.41) is 10.8. The van der Waals surface area contributed by atoms with E-state index in [2.05, 4.69) is 0 Å². The first-order valence-electron chi connectivity index (χ1n) is 7.86. The Morgan fingerprint density at radius 3 is 2.45 bits per heavy atom. The van der Waals surface area contributed by atoms with Gasteiger partial charge in [0, 0.05) is 6.07 Å². The van der Waals surface area contributed by atoms with Gasteiger partial charge in [-0.2, -0.15) is 0 Å². The van der Waals surface area contributed by atoms with Crippen LogP contribution in [0.5, 0.6) is 5.75 Å². The van der Waals surface area contributed by atoms with E-state index < -0.39 is 5.60 Å². The van der Waals surface area contributed by atoms with Crippen molar-refractivity contribution in [2.75, 3.05) is 0 Å².